The summed E-state index contributed by atoms with van der Waals surface area (Å²) in [7, 11) is 0. The molecule has 148 valence electrons. The highest BCUT2D eigenvalue weighted by Crippen LogP contribution is 2.19. The molecule has 4 nitrogen and oxygen atoms in total. The predicted molar refractivity (Wildman–Crippen MR) is 119 cm³/mol. The smallest absolute Gasteiger partial charge is 0.241 e. The van der Waals surface area contributed by atoms with Crippen LogP contribution in [-0.4, -0.2) is 43.5 Å². The van der Waals surface area contributed by atoms with Gasteiger partial charge in [-0.3, -0.25) is 9.69 Å². The van der Waals surface area contributed by atoms with Crippen LogP contribution in [0.1, 0.15) is 5.56 Å². The van der Waals surface area contributed by atoms with Gasteiger partial charge in [0.2, 0.25) is 5.91 Å². The Morgan fingerprint density at radius 1 is 0.724 bits per heavy atom. The van der Waals surface area contributed by atoms with E-state index in [1.54, 1.807) is 0 Å². The van der Waals surface area contributed by atoms with Crippen molar-refractivity contribution in [3.8, 4) is 0 Å². The van der Waals surface area contributed by atoms with Crippen LogP contribution in [0, 0.1) is 0 Å². The third-order valence-electron chi connectivity index (χ3n) is 5.40. The van der Waals surface area contributed by atoms with Gasteiger partial charge in [-0.05, 0) is 29.8 Å². The van der Waals surface area contributed by atoms with E-state index in [-0.39, 0.29) is 5.91 Å². The summed E-state index contributed by atoms with van der Waals surface area (Å²) in [6.45, 7) is 4.73. The van der Waals surface area contributed by atoms with Gasteiger partial charge in [-0.2, -0.15) is 0 Å². The van der Waals surface area contributed by atoms with Crippen molar-refractivity contribution in [2.75, 3.05) is 42.5 Å². The molecule has 1 amide bonds. The van der Waals surface area contributed by atoms with Crippen molar-refractivity contribution >= 4 is 17.3 Å². The SMILES string of the molecule is O=C(CN1CCN(c2ccccc2)CC1)N(Cc1ccccc1)c1ccccc1. The summed E-state index contributed by atoms with van der Waals surface area (Å²) >= 11 is 0. The molecule has 1 heterocycles. The molecule has 4 heteroatoms. The van der Waals surface area contributed by atoms with Crippen LogP contribution in [-0.2, 0) is 11.3 Å². The topological polar surface area (TPSA) is 26.8 Å². The number of benzene rings is 3. The Hall–Kier alpha value is -3.11. The first kappa shape index (κ1) is 19.2. The number of hydrogen-bond acceptors (Lipinski definition) is 3. The van der Waals surface area contributed by atoms with Gasteiger partial charge < -0.3 is 9.80 Å². The maximum absolute atomic E-state index is 13.2. The fourth-order valence-electron chi connectivity index (χ4n) is 3.78. The molecule has 0 unspecified atom stereocenters. The summed E-state index contributed by atoms with van der Waals surface area (Å²) in [6, 6.07) is 30.7. The maximum Gasteiger partial charge on any atom is 0.241 e. The molecule has 1 aliphatic rings. The number of rotatable bonds is 6. The minimum atomic E-state index is 0.146. The first-order valence-corrected chi connectivity index (χ1v) is 10.2. The van der Waals surface area contributed by atoms with Gasteiger partial charge in [0.15, 0.2) is 0 Å². The molecule has 1 aliphatic heterocycles. The lowest BCUT2D eigenvalue weighted by atomic mass is 10.2. The Labute approximate surface area is 173 Å². The van der Waals surface area contributed by atoms with Crippen molar-refractivity contribution in [1.82, 2.24) is 4.90 Å². The minimum Gasteiger partial charge on any atom is -0.369 e. The van der Waals surface area contributed by atoms with E-state index in [9.17, 15) is 4.79 Å². The molecule has 3 aromatic rings. The summed E-state index contributed by atoms with van der Waals surface area (Å²) in [4.78, 5) is 19.8. The van der Waals surface area contributed by atoms with Crippen molar-refractivity contribution in [3.05, 3.63) is 96.6 Å². The quantitative estimate of drug-likeness (QED) is 0.641. The minimum absolute atomic E-state index is 0.146. The van der Waals surface area contributed by atoms with E-state index in [1.807, 2.05) is 59.5 Å². The first-order valence-electron chi connectivity index (χ1n) is 10.2. The molecule has 0 N–H and O–H groups in total. The summed E-state index contributed by atoms with van der Waals surface area (Å²) in [5, 5.41) is 0. The number of piperazine rings is 1. The average Bonchev–Trinajstić information content (AvgIpc) is 2.80. The van der Waals surface area contributed by atoms with Crippen LogP contribution in [0.5, 0.6) is 0 Å². The van der Waals surface area contributed by atoms with Crippen LogP contribution >= 0.6 is 0 Å². The molecule has 4 rings (SSSR count). The number of nitrogens with zero attached hydrogens (tertiary/aromatic N) is 3. The highest BCUT2D eigenvalue weighted by atomic mass is 16.2. The van der Waals surface area contributed by atoms with E-state index in [1.165, 1.54) is 5.69 Å². The number of hydrogen-bond donors (Lipinski definition) is 0. The maximum atomic E-state index is 13.2. The monoisotopic (exact) mass is 385 g/mol. The highest BCUT2D eigenvalue weighted by Gasteiger charge is 2.23. The standard InChI is InChI=1S/C25H27N3O/c29-25(21-26-16-18-27(19-17-26)23-12-6-2-7-13-23)28(24-14-8-3-9-15-24)20-22-10-4-1-5-11-22/h1-15H,16-21H2. The predicted octanol–water partition coefficient (Wildman–Crippen LogP) is 4.04. The van der Waals surface area contributed by atoms with Crippen LogP contribution < -0.4 is 9.80 Å². The number of carbonyl (C=O) groups excluding carboxylic acids is 1. The third kappa shape index (κ3) is 5.04. The van der Waals surface area contributed by atoms with E-state index in [0.29, 0.717) is 13.1 Å². The van der Waals surface area contributed by atoms with Gasteiger partial charge in [0.05, 0.1) is 13.1 Å². The Bertz CT molecular complexity index is 891. The van der Waals surface area contributed by atoms with Crippen molar-refractivity contribution in [1.29, 1.82) is 0 Å². The van der Waals surface area contributed by atoms with Gasteiger partial charge >= 0.3 is 0 Å². The lowest BCUT2D eigenvalue weighted by Crippen LogP contribution is -2.50. The Kier molecular flexibility index (Phi) is 6.22. The van der Waals surface area contributed by atoms with Gasteiger partial charge in [-0.25, -0.2) is 0 Å². The molecule has 0 aromatic heterocycles. The Balaban J connectivity index is 1.40. The summed E-state index contributed by atoms with van der Waals surface area (Å²) < 4.78 is 0. The average molecular weight is 386 g/mol. The number of para-hydroxylation sites is 2. The lowest BCUT2D eigenvalue weighted by Gasteiger charge is -2.36. The zero-order valence-corrected chi connectivity index (χ0v) is 16.7. The highest BCUT2D eigenvalue weighted by molar-refractivity contribution is 5.94. The largest absolute Gasteiger partial charge is 0.369 e. The van der Waals surface area contributed by atoms with Crippen LogP contribution in [0.25, 0.3) is 0 Å². The molecule has 0 saturated carbocycles. The number of carbonyl (C=O) groups is 1. The van der Waals surface area contributed by atoms with Crippen LogP contribution in [0.2, 0.25) is 0 Å². The molecule has 0 bridgehead atoms. The summed E-state index contributed by atoms with van der Waals surface area (Å²) in [5.41, 5.74) is 3.34. The van der Waals surface area contributed by atoms with Crippen molar-refractivity contribution < 1.29 is 4.79 Å². The lowest BCUT2D eigenvalue weighted by molar-refractivity contribution is -0.120. The van der Waals surface area contributed by atoms with Gasteiger partial charge in [-0.15, -0.1) is 0 Å². The summed E-state index contributed by atoms with van der Waals surface area (Å²) in [6.07, 6.45) is 0. The summed E-state index contributed by atoms with van der Waals surface area (Å²) in [5.74, 6) is 0.146. The normalized spacial score (nSPS) is 14.6. The molecular formula is C25H27N3O. The van der Waals surface area contributed by atoms with E-state index in [4.69, 9.17) is 0 Å². The Morgan fingerprint density at radius 2 is 1.28 bits per heavy atom. The van der Waals surface area contributed by atoms with Crippen molar-refractivity contribution in [2.45, 2.75) is 6.54 Å². The number of amides is 1. The van der Waals surface area contributed by atoms with Crippen LogP contribution in [0.4, 0.5) is 11.4 Å². The van der Waals surface area contributed by atoms with Gasteiger partial charge in [0.1, 0.15) is 0 Å². The van der Waals surface area contributed by atoms with Crippen LogP contribution in [0.3, 0.4) is 0 Å². The second-order valence-corrected chi connectivity index (χ2v) is 7.40. The van der Waals surface area contributed by atoms with Gasteiger partial charge in [0, 0.05) is 37.6 Å². The second-order valence-electron chi connectivity index (χ2n) is 7.40. The van der Waals surface area contributed by atoms with E-state index < -0.39 is 0 Å². The fourth-order valence-corrected chi connectivity index (χ4v) is 3.78. The van der Waals surface area contributed by atoms with Crippen molar-refractivity contribution in [2.24, 2.45) is 0 Å². The molecule has 29 heavy (non-hydrogen) atoms. The zero-order valence-electron chi connectivity index (χ0n) is 16.7. The second kappa shape index (κ2) is 9.39. The zero-order chi connectivity index (χ0) is 19.9. The molecular weight excluding hydrogens is 358 g/mol. The van der Waals surface area contributed by atoms with Crippen LogP contribution in [0.15, 0.2) is 91.0 Å². The molecule has 1 fully saturated rings. The molecule has 0 aliphatic carbocycles. The fraction of sp³-hybridized carbons (Fsp3) is 0.240. The number of anilines is 2. The Morgan fingerprint density at radius 3 is 1.90 bits per heavy atom. The van der Waals surface area contributed by atoms with Crippen molar-refractivity contribution in [3.63, 3.8) is 0 Å². The third-order valence-corrected chi connectivity index (χ3v) is 5.40. The molecule has 0 radical (unpaired) electrons. The van der Waals surface area contributed by atoms with Gasteiger partial charge in [-0.1, -0.05) is 66.7 Å². The van der Waals surface area contributed by atoms with E-state index in [2.05, 4.69) is 46.2 Å². The van der Waals surface area contributed by atoms with E-state index >= 15 is 0 Å². The molecule has 0 spiro atoms. The first-order chi connectivity index (χ1) is 14.3. The van der Waals surface area contributed by atoms with E-state index in [0.717, 1.165) is 37.4 Å². The molecule has 3 aromatic carbocycles. The molecule has 1 saturated heterocycles. The van der Waals surface area contributed by atoms with Gasteiger partial charge in [0.25, 0.3) is 0 Å². The molecule has 0 atom stereocenters.